The van der Waals surface area contributed by atoms with Gasteiger partial charge in [-0.05, 0) is 28.4 Å². The van der Waals surface area contributed by atoms with Crippen LogP contribution in [0.4, 0.5) is 0 Å². The Hall–Kier alpha value is -0.810. The minimum absolute atomic E-state index is 0.0305. The van der Waals surface area contributed by atoms with E-state index in [-0.39, 0.29) is 5.91 Å². The Morgan fingerprint density at radius 2 is 2.40 bits per heavy atom. The summed E-state index contributed by atoms with van der Waals surface area (Å²) in [5, 5.41) is 0. The van der Waals surface area contributed by atoms with E-state index in [0.29, 0.717) is 12.4 Å². The van der Waals surface area contributed by atoms with Crippen molar-refractivity contribution in [2.45, 2.75) is 6.42 Å². The number of hydrogen-bond donors (Lipinski definition) is 0. The fourth-order valence-corrected chi connectivity index (χ4v) is 2.18. The van der Waals surface area contributed by atoms with Gasteiger partial charge in [0.15, 0.2) is 0 Å². The normalized spacial score (nSPS) is 16.8. The van der Waals surface area contributed by atoms with Crippen LogP contribution in [0.25, 0.3) is 0 Å². The van der Waals surface area contributed by atoms with E-state index in [1.807, 2.05) is 23.9 Å². The average Bonchev–Trinajstić information content (AvgIpc) is 2.58. The molecule has 5 heteroatoms. The molecule has 2 heterocycles. The molecule has 0 spiro atoms. The molecule has 0 unspecified atom stereocenters. The molecule has 0 N–H and O–H groups in total. The van der Waals surface area contributed by atoms with Gasteiger partial charge in [0.2, 0.25) is 0 Å². The second-order valence-corrected chi connectivity index (χ2v) is 4.53. The zero-order valence-corrected chi connectivity index (χ0v) is 10.2. The Labute approximate surface area is 96.9 Å². The van der Waals surface area contributed by atoms with E-state index >= 15 is 0 Å². The third-order valence-corrected chi connectivity index (χ3v) is 2.88. The summed E-state index contributed by atoms with van der Waals surface area (Å²) in [7, 11) is 1.86. The summed E-state index contributed by atoms with van der Waals surface area (Å²) >= 11 is 3.35. The van der Waals surface area contributed by atoms with Crippen LogP contribution in [0.15, 0.2) is 16.7 Å². The maximum absolute atomic E-state index is 12.0. The smallest absolute Gasteiger partial charge is 0.272 e. The van der Waals surface area contributed by atoms with Crippen molar-refractivity contribution in [1.82, 2.24) is 9.47 Å². The molecular formula is C10H13BrN2O2. The minimum Gasteiger partial charge on any atom is -0.361 e. The van der Waals surface area contributed by atoms with Crippen LogP contribution >= 0.6 is 15.9 Å². The molecular weight excluding hydrogens is 260 g/mol. The molecule has 0 aromatic carbocycles. The lowest BCUT2D eigenvalue weighted by atomic mass is 10.3. The van der Waals surface area contributed by atoms with Gasteiger partial charge in [-0.1, -0.05) is 0 Å². The van der Waals surface area contributed by atoms with E-state index in [0.717, 1.165) is 24.0 Å². The van der Waals surface area contributed by atoms with Crippen LogP contribution in [0.1, 0.15) is 16.9 Å². The standard InChI is InChI=1S/C10H13BrN2O2/c1-12-6-8(11)5-9(12)10(14)13-3-2-4-15-7-13/h5-6H,2-4,7H2,1H3. The summed E-state index contributed by atoms with van der Waals surface area (Å²) in [6.45, 7) is 1.93. The number of rotatable bonds is 1. The number of amides is 1. The Bertz CT molecular complexity index is 369. The zero-order chi connectivity index (χ0) is 10.8. The predicted octanol–water partition coefficient (Wildman–Crippen LogP) is 1.61. The molecule has 0 aliphatic carbocycles. The van der Waals surface area contributed by atoms with Crippen molar-refractivity contribution >= 4 is 21.8 Å². The second kappa shape index (κ2) is 4.37. The van der Waals surface area contributed by atoms with E-state index in [1.54, 1.807) is 4.90 Å². The van der Waals surface area contributed by atoms with Crippen molar-refractivity contribution in [1.29, 1.82) is 0 Å². The number of nitrogens with zero attached hydrogens (tertiary/aromatic N) is 2. The molecule has 1 aliphatic heterocycles. The van der Waals surface area contributed by atoms with E-state index < -0.39 is 0 Å². The van der Waals surface area contributed by atoms with Crippen molar-refractivity contribution in [3.8, 4) is 0 Å². The first kappa shape index (κ1) is 10.7. The van der Waals surface area contributed by atoms with E-state index in [4.69, 9.17) is 4.74 Å². The molecule has 1 aliphatic rings. The van der Waals surface area contributed by atoms with Crippen molar-refractivity contribution in [3.05, 3.63) is 22.4 Å². The highest BCUT2D eigenvalue weighted by Crippen LogP contribution is 2.16. The van der Waals surface area contributed by atoms with Crippen LogP contribution in [-0.4, -0.2) is 35.3 Å². The molecule has 0 bridgehead atoms. The molecule has 2 rings (SSSR count). The van der Waals surface area contributed by atoms with E-state index in [9.17, 15) is 4.79 Å². The van der Waals surface area contributed by atoms with Gasteiger partial charge in [-0.3, -0.25) is 4.79 Å². The molecule has 0 saturated carbocycles. The number of aryl methyl sites for hydroxylation is 1. The fraction of sp³-hybridized carbons (Fsp3) is 0.500. The molecule has 0 radical (unpaired) electrons. The summed E-state index contributed by atoms with van der Waals surface area (Å²) in [5.74, 6) is 0.0305. The average molecular weight is 273 g/mol. The second-order valence-electron chi connectivity index (χ2n) is 3.61. The quantitative estimate of drug-likeness (QED) is 0.779. The Morgan fingerprint density at radius 1 is 1.60 bits per heavy atom. The highest BCUT2D eigenvalue weighted by Gasteiger charge is 2.20. The van der Waals surface area contributed by atoms with Gasteiger partial charge in [0.05, 0.1) is 6.61 Å². The molecule has 1 saturated heterocycles. The molecule has 1 fully saturated rings. The molecule has 1 amide bonds. The van der Waals surface area contributed by atoms with Gasteiger partial charge >= 0.3 is 0 Å². The van der Waals surface area contributed by atoms with Gasteiger partial charge in [-0.25, -0.2) is 0 Å². The first-order valence-corrected chi connectivity index (χ1v) is 5.66. The van der Waals surface area contributed by atoms with Crippen LogP contribution in [0.5, 0.6) is 0 Å². The van der Waals surface area contributed by atoms with Crippen LogP contribution < -0.4 is 0 Å². The van der Waals surface area contributed by atoms with Crippen molar-refractivity contribution < 1.29 is 9.53 Å². The summed E-state index contributed by atoms with van der Waals surface area (Å²) in [4.78, 5) is 13.8. The molecule has 1 aromatic heterocycles. The van der Waals surface area contributed by atoms with Crippen molar-refractivity contribution in [3.63, 3.8) is 0 Å². The largest absolute Gasteiger partial charge is 0.361 e. The lowest BCUT2D eigenvalue weighted by Gasteiger charge is -2.26. The number of aromatic nitrogens is 1. The lowest BCUT2D eigenvalue weighted by Crippen LogP contribution is -2.38. The van der Waals surface area contributed by atoms with Crippen LogP contribution in [0, 0.1) is 0 Å². The highest BCUT2D eigenvalue weighted by atomic mass is 79.9. The van der Waals surface area contributed by atoms with Crippen LogP contribution in [0.2, 0.25) is 0 Å². The number of ether oxygens (including phenoxy) is 1. The van der Waals surface area contributed by atoms with Crippen molar-refractivity contribution in [2.24, 2.45) is 7.05 Å². The minimum atomic E-state index is 0.0305. The number of hydrogen-bond acceptors (Lipinski definition) is 2. The molecule has 1 aromatic rings. The topological polar surface area (TPSA) is 34.5 Å². The Morgan fingerprint density at radius 3 is 2.93 bits per heavy atom. The molecule has 82 valence electrons. The maximum atomic E-state index is 12.0. The van der Waals surface area contributed by atoms with Gasteiger partial charge < -0.3 is 14.2 Å². The third kappa shape index (κ3) is 2.23. The first-order chi connectivity index (χ1) is 7.18. The fourth-order valence-electron chi connectivity index (χ4n) is 1.66. The lowest BCUT2D eigenvalue weighted by molar-refractivity contribution is -0.00621. The van der Waals surface area contributed by atoms with Crippen LogP contribution in [-0.2, 0) is 11.8 Å². The number of halogens is 1. The summed E-state index contributed by atoms with van der Waals surface area (Å²) in [5.41, 5.74) is 0.687. The summed E-state index contributed by atoms with van der Waals surface area (Å²) < 4.78 is 8.00. The summed E-state index contributed by atoms with van der Waals surface area (Å²) in [6, 6.07) is 1.83. The highest BCUT2D eigenvalue weighted by molar-refractivity contribution is 9.10. The summed E-state index contributed by atoms with van der Waals surface area (Å²) in [6.07, 6.45) is 2.79. The molecule has 0 atom stereocenters. The van der Waals surface area contributed by atoms with E-state index in [2.05, 4.69) is 15.9 Å². The molecule has 4 nitrogen and oxygen atoms in total. The number of carbonyl (C=O) groups excluding carboxylic acids is 1. The SMILES string of the molecule is Cn1cc(Br)cc1C(=O)N1CCCOC1. The number of carbonyl (C=O) groups is 1. The van der Waals surface area contributed by atoms with E-state index in [1.165, 1.54) is 0 Å². The van der Waals surface area contributed by atoms with Gasteiger partial charge in [-0.15, -0.1) is 0 Å². The zero-order valence-electron chi connectivity index (χ0n) is 8.57. The monoisotopic (exact) mass is 272 g/mol. The molecule has 15 heavy (non-hydrogen) atoms. The first-order valence-electron chi connectivity index (χ1n) is 4.87. The predicted molar refractivity (Wildman–Crippen MR) is 59.6 cm³/mol. The van der Waals surface area contributed by atoms with Gasteiger partial charge in [0.25, 0.3) is 5.91 Å². The Balaban J connectivity index is 2.16. The van der Waals surface area contributed by atoms with Gasteiger partial charge in [0, 0.05) is 24.3 Å². The van der Waals surface area contributed by atoms with Crippen molar-refractivity contribution in [2.75, 3.05) is 19.9 Å². The van der Waals surface area contributed by atoms with Gasteiger partial charge in [0.1, 0.15) is 12.4 Å². The Kier molecular flexibility index (Phi) is 3.11. The maximum Gasteiger partial charge on any atom is 0.272 e. The van der Waals surface area contributed by atoms with Gasteiger partial charge in [-0.2, -0.15) is 0 Å². The third-order valence-electron chi connectivity index (χ3n) is 2.44. The van der Waals surface area contributed by atoms with Crippen LogP contribution in [0.3, 0.4) is 0 Å².